The summed E-state index contributed by atoms with van der Waals surface area (Å²) in [4.78, 5) is 25.7. The molecular formula is C20H22N4O2S. The fourth-order valence-electron chi connectivity index (χ4n) is 2.76. The monoisotopic (exact) mass is 382 g/mol. The molecule has 140 valence electrons. The summed E-state index contributed by atoms with van der Waals surface area (Å²) in [5, 5.41) is 11.6. The summed E-state index contributed by atoms with van der Waals surface area (Å²) in [7, 11) is 0. The maximum absolute atomic E-state index is 12.4. The van der Waals surface area contributed by atoms with Crippen molar-refractivity contribution in [2.75, 3.05) is 5.32 Å². The zero-order valence-corrected chi connectivity index (χ0v) is 16.1. The maximum Gasteiger partial charge on any atom is 0.313 e. The first kappa shape index (κ1) is 18.8. The molecule has 1 aromatic carbocycles. The van der Waals surface area contributed by atoms with Gasteiger partial charge in [0.25, 0.3) is 0 Å². The van der Waals surface area contributed by atoms with Gasteiger partial charge in [-0.25, -0.2) is 0 Å². The lowest BCUT2D eigenvalue weighted by atomic mass is 10.0. The number of hydrogen-bond donors (Lipinski definition) is 2. The summed E-state index contributed by atoms with van der Waals surface area (Å²) in [6, 6.07) is 13.0. The Morgan fingerprint density at radius 2 is 2.00 bits per heavy atom. The van der Waals surface area contributed by atoms with E-state index in [0.717, 1.165) is 10.4 Å². The van der Waals surface area contributed by atoms with E-state index in [9.17, 15) is 9.59 Å². The third-order valence-corrected chi connectivity index (χ3v) is 5.05. The van der Waals surface area contributed by atoms with Gasteiger partial charge in [-0.05, 0) is 41.1 Å². The van der Waals surface area contributed by atoms with Crippen LogP contribution in [0.4, 0.5) is 5.69 Å². The second kappa shape index (κ2) is 8.64. The van der Waals surface area contributed by atoms with Crippen LogP contribution in [0.2, 0.25) is 0 Å². The predicted molar refractivity (Wildman–Crippen MR) is 106 cm³/mol. The number of carbonyl (C=O) groups is 2. The number of amides is 2. The molecule has 3 aromatic rings. The van der Waals surface area contributed by atoms with Crippen molar-refractivity contribution in [3.8, 4) is 0 Å². The minimum absolute atomic E-state index is 0.179. The average molecular weight is 382 g/mol. The number of benzene rings is 1. The van der Waals surface area contributed by atoms with Gasteiger partial charge in [-0.1, -0.05) is 32.0 Å². The molecule has 0 saturated heterocycles. The van der Waals surface area contributed by atoms with Gasteiger partial charge in [0.05, 0.1) is 12.6 Å². The molecule has 7 heteroatoms. The molecule has 1 atom stereocenters. The number of rotatable bonds is 6. The number of hydrogen-bond acceptors (Lipinski definition) is 4. The Kier molecular flexibility index (Phi) is 6.03. The molecule has 0 aliphatic carbocycles. The number of carbonyl (C=O) groups excluding carboxylic acids is 2. The van der Waals surface area contributed by atoms with Gasteiger partial charge in [-0.3, -0.25) is 14.3 Å². The van der Waals surface area contributed by atoms with Gasteiger partial charge in [-0.15, -0.1) is 11.3 Å². The van der Waals surface area contributed by atoms with Gasteiger partial charge in [0.2, 0.25) is 0 Å². The Balaban J connectivity index is 1.63. The van der Waals surface area contributed by atoms with Crippen molar-refractivity contribution in [1.82, 2.24) is 15.1 Å². The minimum atomic E-state index is -0.673. The molecule has 0 aliphatic heterocycles. The van der Waals surface area contributed by atoms with Crippen LogP contribution in [-0.2, 0) is 16.1 Å². The highest BCUT2D eigenvalue weighted by atomic mass is 32.1. The van der Waals surface area contributed by atoms with Crippen LogP contribution in [0.3, 0.4) is 0 Å². The lowest BCUT2D eigenvalue weighted by Gasteiger charge is -2.20. The van der Waals surface area contributed by atoms with Crippen molar-refractivity contribution in [1.29, 1.82) is 0 Å². The van der Waals surface area contributed by atoms with Crippen LogP contribution in [0.15, 0.2) is 60.2 Å². The van der Waals surface area contributed by atoms with E-state index in [4.69, 9.17) is 0 Å². The zero-order chi connectivity index (χ0) is 19.2. The van der Waals surface area contributed by atoms with Crippen LogP contribution < -0.4 is 10.6 Å². The predicted octanol–water partition coefficient (Wildman–Crippen LogP) is 3.44. The highest BCUT2D eigenvalue weighted by Gasteiger charge is 2.23. The topological polar surface area (TPSA) is 76.0 Å². The minimum Gasteiger partial charge on any atom is -0.340 e. The lowest BCUT2D eigenvalue weighted by Crippen LogP contribution is -2.39. The van der Waals surface area contributed by atoms with Gasteiger partial charge in [0, 0.05) is 23.0 Å². The van der Waals surface area contributed by atoms with E-state index in [1.807, 2.05) is 61.8 Å². The number of aromatic nitrogens is 2. The van der Waals surface area contributed by atoms with Gasteiger partial charge in [0.1, 0.15) is 0 Å². The second-order valence-electron chi connectivity index (χ2n) is 6.57. The average Bonchev–Trinajstić information content (AvgIpc) is 3.33. The molecule has 3 rings (SSSR count). The molecule has 2 N–H and O–H groups in total. The van der Waals surface area contributed by atoms with Gasteiger partial charge < -0.3 is 10.6 Å². The van der Waals surface area contributed by atoms with Crippen molar-refractivity contribution < 1.29 is 9.59 Å². The molecule has 6 nitrogen and oxygen atoms in total. The van der Waals surface area contributed by atoms with Crippen LogP contribution >= 0.6 is 11.3 Å². The first-order valence-electron chi connectivity index (χ1n) is 8.74. The van der Waals surface area contributed by atoms with E-state index < -0.39 is 11.8 Å². The second-order valence-corrected chi connectivity index (χ2v) is 7.55. The molecular weight excluding hydrogens is 360 g/mol. The molecule has 2 aromatic heterocycles. The standard InChI is InChI=1S/C20H22N4O2S/c1-14(2)18(17-8-4-11-27-17)23-20(26)19(25)22-16-7-3-6-15(12-16)13-24-10-5-9-21-24/h3-12,14,18H,13H2,1-2H3,(H,22,25)(H,23,26). The number of nitrogens with zero attached hydrogens (tertiary/aromatic N) is 2. The highest BCUT2D eigenvalue weighted by molar-refractivity contribution is 7.10. The lowest BCUT2D eigenvalue weighted by molar-refractivity contribution is -0.136. The Morgan fingerprint density at radius 1 is 1.15 bits per heavy atom. The molecule has 2 amide bonds. The largest absolute Gasteiger partial charge is 0.340 e. The van der Waals surface area contributed by atoms with Crippen LogP contribution in [-0.4, -0.2) is 21.6 Å². The van der Waals surface area contributed by atoms with E-state index in [1.54, 1.807) is 28.3 Å². The zero-order valence-electron chi connectivity index (χ0n) is 15.3. The molecule has 1 unspecified atom stereocenters. The van der Waals surface area contributed by atoms with Crippen molar-refractivity contribution in [2.24, 2.45) is 5.92 Å². The first-order chi connectivity index (χ1) is 13.0. The van der Waals surface area contributed by atoms with Crippen LogP contribution in [0.25, 0.3) is 0 Å². The summed E-state index contributed by atoms with van der Waals surface area (Å²) < 4.78 is 1.79. The van der Waals surface area contributed by atoms with Crippen molar-refractivity contribution in [3.05, 3.63) is 70.7 Å². The summed E-state index contributed by atoms with van der Waals surface area (Å²) in [6.07, 6.45) is 3.59. The molecule has 0 radical (unpaired) electrons. The van der Waals surface area contributed by atoms with Crippen molar-refractivity contribution in [3.63, 3.8) is 0 Å². The highest BCUT2D eigenvalue weighted by Crippen LogP contribution is 2.25. The molecule has 0 aliphatic rings. The molecule has 0 fully saturated rings. The van der Waals surface area contributed by atoms with E-state index in [-0.39, 0.29) is 12.0 Å². The van der Waals surface area contributed by atoms with E-state index >= 15 is 0 Å². The third-order valence-electron chi connectivity index (χ3n) is 4.10. The Hall–Kier alpha value is -2.93. The third kappa shape index (κ3) is 5.04. The Morgan fingerprint density at radius 3 is 2.67 bits per heavy atom. The molecule has 0 bridgehead atoms. The molecule has 27 heavy (non-hydrogen) atoms. The van der Waals surface area contributed by atoms with E-state index in [1.165, 1.54) is 0 Å². The Labute approximate surface area is 162 Å². The Bertz CT molecular complexity index is 889. The van der Waals surface area contributed by atoms with E-state index in [2.05, 4.69) is 15.7 Å². The van der Waals surface area contributed by atoms with Crippen molar-refractivity contribution >= 4 is 28.8 Å². The summed E-state index contributed by atoms with van der Waals surface area (Å²) in [6.45, 7) is 4.62. The number of nitrogens with one attached hydrogen (secondary N) is 2. The number of thiophene rings is 1. The van der Waals surface area contributed by atoms with Gasteiger partial charge in [-0.2, -0.15) is 5.10 Å². The normalized spacial score (nSPS) is 12.0. The number of anilines is 1. The van der Waals surface area contributed by atoms with Crippen LogP contribution in [0.1, 0.15) is 30.3 Å². The molecule has 0 spiro atoms. The smallest absolute Gasteiger partial charge is 0.313 e. The van der Waals surface area contributed by atoms with Gasteiger partial charge in [0.15, 0.2) is 0 Å². The summed E-state index contributed by atoms with van der Waals surface area (Å²) in [5.74, 6) is -1.13. The quantitative estimate of drug-likeness (QED) is 0.641. The molecule has 0 saturated carbocycles. The summed E-state index contributed by atoms with van der Waals surface area (Å²) in [5.41, 5.74) is 1.56. The summed E-state index contributed by atoms with van der Waals surface area (Å²) >= 11 is 1.57. The fourth-order valence-corrected chi connectivity index (χ4v) is 3.71. The maximum atomic E-state index is 12.4. The van der Waals surface area contributed by atoms with E-state index in [0.29, 0.717) is 12.2 Å². The fraction of sp³-hybridized carbons (Fsp3) is 0.250. The SMILES string of the molecule is CC(C)C(NC(=O)C(=O)Nc1cccc(Cn2cccn2)c1)c1cccs1. The van der Waals surface area contributed by atoms with Crippen molar-refractivity contribution in [2.45, 2.75) is 26.4 Å². The first-order valence-corrected chi connectivity index (χ1v) is 9.62. The van der Waals surface area contributed by atoms with Crippen LogP contribution in [0.5, 0.6) is 0 Å². The molecule has 2 heterocycles. The van der Waals surface area contributed by atoms with Crippen LogP contribution in [0, 0.1) is 5.92 Å². The van der Waals surface area contributed by atoms with Gasteiger partial charge >= 0.3 is 11.8 Å².